The molecule has 126 valence electrons. The lowest BCUT2D eigenvalue weighted by Crippen LogP contribution is -2.48. The second-order valence-electron chi connectivity index (χ2n) is 6.23. The van der Waals surface area contributed by atoms with Crippen molar-refractivity contribution in [2.45, 2.75) is 20.4 Å². The zero-order chi connectivity index (χ0) is 16.9. The monoisotopic (exact) mass is 324 g/mol. The summed E-state index contributed by atoms with van der Waals surface area (Å²) < 4.78 is 0. The van der Waals surface area contributed by atoms with E-state index >= 15 is 0 Å². The highest BCUT2D eigenvalue weighted by Gasteiger charge is 2.20. The number of aryl methyl sites for hydroxylation is 1. The van der Waals surface area contributed by atoms with Crippen molar-refractivity contribution < 1.29 is 4.79 Å². The second-order valence-corrected chi connectivity index (χ2v) is 6.23. The summed E-state index contributed by atoms with van der Waals surface area (Å²) in [6.07, 6.45) is 3.70. The van der Waals surface area contributed by atoms with E-state index in [1.165, 1.54) is 11.3 Å². The third-order valence-corrected chi connectivity index (χ3v) is 4.42. The summed E-state index contributed by atoms with van der Waals surface area (Å²) in [6, 6.07) is 10.6. The summed E-state index contributed by atoms with van der Waals surface area (Å²) >= 11 is 0. The minimum Gasteiger partial charge on any atom is -0.380 e. The van der Waals surface area contributed by atoms with Crippen molar-refractivity contribution in [3.8, 4) is 0 Å². The van der Waals surface area contributed by atoms with Gasteiger partial charge in [-0.05, 0) is 30.2 Å². The number of amides is 1. The van der Waals surface area contributed by atoms with Crippen LogP contribution in [0.25, 0.3) is 0 Å². The number of hydrogen-bond donors (Lipinski definition) is 1. The van der Waals surface area contributed by atoms with Crippen molar-refractivity contribution in [3.05, 3.63) is 53.9 Å². The number of nitrogens with one attached hydrogen (secondary N) is 1. The number of anilines is 2. The Hall–Kier alpha value is -2.56. The highest BCUT2D eigenvalue weighted by Crippen LogP contribution is 2.23. The molecular formula is C19H24N4O. The van der Waals surface area contributed by atoms with Gasteiger partial charge in [-0.1, -0.05) is 18.2 Å². The van der Waals surface area contributed by atoms with Gasteiger partial charge in [0.15, 0.2) is 0 Å². The number of carbonyl (C=O) groups excluding carboxylic acids is 1. The molecule has 0 atom stereocenters. The van der Waals surface area contributed by atoms with E-state index < -0.39 is 0 Å². The van der Waals surface area contributed by atoms with E-state index in [1.807, 2.05) is 24.2 Å². The van der Waals surface area contributed by atoms with Gasteiger partial charge >= 0.3 is 0 Å². The zero-order valence-corrected chi connectivity index (χ0v) is 14.3. The normalized spacial score (nSPS) is 14.6. The lowest BCUT2D eigenvalue weighted by molar-refractivity contribution is -0.129. The van der Waals surface area contributed by atoms with Gasteiger partial charge in [0.1, 0.15) is 0 Å². The molecule has 1 fully saturated rings. The van der Waals surface area contributed by atoms with E-state index in [1.54, 1.807) is 6.92 Å². The summed E-state index contributed by atoms with van der Waals surface area (Å²) in [4.78, 5) is 20.0. The molecule has 5 heteroatoms. The van der Waals surface area contributed by atoms with Crippen molar-refractivity contribution in [1.82, 2.24) is 9.88 Å². The standard InChI is InChI=1S/C19H24N4O/c1-15-11-18(14-20-12-15)21-13-17-5-3-4-6-19(17)23-9-7-22(8-10-23)16(2)24/h3-6,11-12,14,21H,7-10,13H2,1-2H3. The maximum Gasteiger partial charge on any atom is 0.219 e. The molecular weight excluding hydrogens is 300 g/mol. The average Bonchev–Trinajstić information content (AvgIpc) is 2.60. The molecule has 1 aliphatic rings. The molecule has 0 spiro atoms. The van der Waals surface area contributed by atoms with Gasteiger partial charge in [0.25, 0.3) is 0 Å². The van der Waals surface area contributed by atoms with Gasteiger partial charge in [0.2, 0.25) is 5.91 Å². The van der Waals surface area contributed by atoms with Crippen LogP contribution >= 0.6 is 0 Å². The lowest BCUT2D eigenvalue weighted by atomic mass is 10.1. The maximum absolute atomic E-state index is 11.5. The molecule has 2 aromatic rings. The first-order chi connectivity index (χ1) is 11.6. The van der Waals surface area contributed by atoms with Gasteiger partial charge in [0, 0.05) is 57.7 Å². The summed E-state index contributed by atoms with van der Waals surface area (Å²) in [5.74, 6) is 0.163. The fourth-order valence-corrected chi connectivity index (χ4v) is 3.08. The molecule has 0 unspecified atom stereocenters. The Labute approximate surface area is 143 Å². The van der Waals surface area contributed by atoms with Crippen molar-refractivity contribution in [2.75, 3.05) is 36.4 Å². The van der Waals surface area contributed by atoms with Gasteiger partial charge in [-0.3, -0.25) is 9.78 Å². The number of para-hydroxylation sites is 1. The van der Waals surface area contributed by atoms with Gasteiger partial charge < -0.3 is 15.1 Å². The SMILES string of the molecule is CC(=O)N1CCN(c2ccccc2CNc2cncc(C)c2)CC1. The molecule has 0 bridgehead atoms. The molecule has 5 nitrogen and oxygen atoms in total. The zero-order valence-electron chi connectivity index (χ0n) is 14.3. The van der Waals surface area contributed by atoms with E-state index in [-0.39, 0.29) is 5.91 Å². The van der Waals surface area contributed by atoms with Gasteiger partial charge in [-0.2, -0.15) is 0 Å². The Balaban J connectivity index is 1.68. The number of nitrogens with zero attached hydrogens (tertiary/aromatic N) is 3. The molecule has 0 saturated carbocycles. The van der Waals surface area contributed by atoms with Crippen LogP contribution in [0.5, 0.6) is 0 Å². The molecule has 1 aliphatic heterocycles. The van der Waals surface area contributed by atoms with Gasteiger partial charge in [-0.25, -0.2) is 0 Å². The predicted molar refractivity (Wildman–Crippen MR) is 97.2 cm³/mol. The molecule has 2 heterocycles. The minimum atomic E-state index is 0.163. The van der Waals surface area contributed by atoms with E-state index in [0.29, 0.717) is 0 Å². The van der Waals surface area contributed by atoms with Crippen LogP contribution in [0.2, 0.25) is 0 Å². The smallest absolute Gasteiger partial charge is 0.219 e. The Morgan fingerprint density at radius 1 is 1.17 bits per heavy atom. The lowest BCUT2D eigenvalue weighted by Gasteiger charge is -2.36. The number of carbonyl (C=O) groups is 1. The summed E-state index contributed by atoms with van der Waals surface area (Å²) in [6.45, 7) is 7.78. The van der Waals surface area contributed by atoms with Crippen LogP contribution in [-0.4, -0.2) is 42.0 Å². The summed E-state index contributed by atoms with van der Waals surface area (Å²) in [5, 5.41) is 3.45. The van der Waals surface area contributed by atoms with Crippen molar-refractivity contribution in [2.24, 2.45) is 0 Å². The summed E-state index contributed by atoms with van der Waals surface area (Å²) in [7, 11) is 0. The quantitative estimate of drug-likeness (QED) is 0.939. The molecule has 3 rings (SSSR count). The first kappa shape index (κ1) is 16.3. The van der Waals surface area contributed by atoms with Crippen molar-refractivity contribution in [1.29, 1.82) is 0 Å². The Kier molecular flexibility index (Phi) is 4.99. The van der Waals surface area contributed by atoms with E-state index in [9.17, 15) is 4.79 Å². The number of benzene rings is 1. The molecule has 1 aromatic heterocycles. The van der Waals surface area contributed by atoms with Crippen LogP contribution in [0.1, 0.15) is 18.1 Å². The van der Waals surface area contributed by atoms with Crippen molar-refractivity contribution >= 4 is 17.3 Å². The maximum atomic E-state index is 11.5. The highest BCUT2D eigenvalue weighted by molar-refractivity contribution is 5.73. The van der Waals surface area contributed by atoms with Crippen LogP contribution < -0.4 is 10.2 Å². The predicted octanol–water partition coefficient (Wildman–Crippen LogP) is 2.67. The fourth-order valence-electron chi connectivity index (χ4n) is 3.08. The Morgan fingerprint density at radius 3 is 2.62 bits per heavy atom. The molecule has 0 radical (unpaired) electrons. The summed E-state index contributed by atoms with van der Waals surface area (Å²) in [5.41, 5.74) is 4.68. The number of pyridine rings is 1. The first-order valence-corrected chi connectivity index (χ1v) is 8.37. The number of rotatable bonds is 4. The minimum absolute atomic E-state index is 0.163. The van der Waals surface area contributed by atoms with E-state index in [0.717, 1.165) is 44.0 Å². The highest BCUT2D eigenvalue weighted by atomic mass is 16.2. The number of piperazine rings is 1. The van der Waals surface area contributed by atoms with Gasteiger partial charge in [0.05, 0.1) is 5.69 Å². The fraction of sp³-hybridized carbons (Fsp3) is 0.368. The van der Waals surface area contributed by atoms with Crippen LogP contribution in [0, 0.1) is 6.92 Å². The van der Waals surface area contributed by atoms with Crippen LogP contribution in [0.15, 0.2) is 42.7 Å². The molecule has 0 aliphatic carbocycles. The average molecular weight is 324 g/mol. The Morgan fingerprint density at radius 2 is 1.92 bits per heavy atom. The molecule has 1 saturated heterocycles. The third kappa shape index (κ3) is 3.85. The number of hydrogen-bond acceptors (Lipinski definition) is 4. The Bertz CT molecular complexity index is 708. The molecule has 24 heavy (non-hydrogen) atoms. The van der Waals surface area contributed by atoms with Gasteiger partial charge in [-0.15, -0.1) is 0 Å². The third-order valence-electron chi connectivity index (χ3n) is 4.42. The topological polar surface area (TPSA) is 48.5 Å². The largest absolute Gasteiger partial charge is 0.380 e. The molecule has 1 N–H and O–H groups in total. The van der Waals surface area contributed by atoms with E-state index in [2.05, 4.69) is 45.5 Å². The van der Waals surface area contributed by atoms with E-state index in [4.69, 9.17) is 0 Å². The van der Waals surface area contributed by atoms with Crippen molar-refractivity contribution in [3.63, 3.8) is 0 Å². The first-order valence-electron chi connectivity index (χ1n) is 8.37. The number of aromatic nitrogens is 1. The van der Waals surface area contributed by atoms with Crippen LogP contribution in [0.3, 0.4) is 0 Å². The van der Waals surface area contributed by atoms with Crippen LogP contribution in [-0.2, 0) is 11.3 Å². The second kappa shape index (κ2) is 7.34. The van der Waals surface area contributed by atoms with Crippen LogP contribution in [0.4, 0.5) is 11.4 Å². The molecule has 1 aromatic carbocycles. The molecule has 1 amide bonds.